The molecule has 0 aromatic rings. The van der Waals surface area contributed by atoms with Gasteiger partial charge >= 0.3 is 6.09 Å². The van der Waals surface area contributed by atoms with E-state index in [1.54, 1.807) is 34.6 Å². The normalized spacial score (nSPS) is 12.9. The van der Waals surface area contributed by atoms with Crippen molar-refractivity contribution in [2.45, 2.75) is 46.3 Å². The number of sulfonamides is 1. The minimum Gasteiger partial charge on any atom is -0.444 e. The van der Waals surface area contributed by atoms with Crippen LogP contribution in [0.2, 0.25) is 0 Å². The lowest BCUT2D eigenvalue weighted by atomic mass is 10.2. The number of carbonyl (C=O) groups excluding carboxylic acids is 1. The Morgan fingerprint density at radius 3 is 2.17 bits per heavy atom. The molecule has 0 fully saturated rings. The van der Waals surface area contributed by atoms with Crippen molar-refractivity contribution < 1.29 is 17.9 Å². The predicted octanol–water partition coefficient (Wildman–Crippen LogP) is 1.18. The van der Waals surface area contributed by atoms with Gasteiger partial charge in [-0.25, -0.2) is 13.2 Å². The van der Waals surface area contributed by atoms with Crippen molar-refractivity contribution >= 4 is 16.1 Å². The van der Waals surface area contributed by atoms with Gasteiger partial charge in [0.25, 0.3) is 0 Å². The van der Waals surface area contributed by atoms with Gasteiger partial charge in [-0.2, -0.15) is 4.31 Å². The second-order valence-corrected chi connectivity index (χ2v) is 7.33. The largest absolute Gasteiger partial charge is 0.444 e. The van der Waals surface area contributed by atoms with Gasteiger partial charge in [0.1, 0.15) is 5.60 Å². The summed E-state index contributed by atoms with van der Waals surface area (Å²) in [5.74, 6) is 0. The molecule has 7 heteroatoms. The minimum atomic E-state index is -3.26. The lowest BCUT2D eigenvalue weighted by Crippen LogP contribution is -2.42. The quantitative estimate of drug-likeness (QED) is 0.820. The van der Waals surface area contributed by atoms with E-state index in [0.29, 0.717) is 0 Å². The van der Waals surface area contributed by atoms with Gasteiger partial charge in [-0.1, -0.05) is 0 Å². The molecule has 1 N–H and O–H groups in total. The van der Waals surface area contributed by atoms with Crippen molar-refractivity contribution in [1.29, 1.82) is 0 Å². The summed E-state index contributed by atoms with van der Waals surface area (Å²) in [5, 5.41) is 2.53. The molecule has 0 rings (SSSR count). The molecule has 1 amide bonds. The van der Waals surface area contributed by atoms with Crippen LogP contribution in [-0.2, 0) is 14.8 Å². The molecule has 0 atom stereocenters. The maximum absolute atomic E-state index is 11.5. The summed E-state index contributed by atoms with van der Waals surface area (Å²) in [6.45, 7) is 9.33. The molecule has 0 unspecified atom stereocenters. The first kappa shape index (κ1) is 17.2. The highest BCUT2D eigenvalue weighted by atomic mass is 32.2. The summed E-state index contributed by atoms with van der Waals surface area (Å²) in [6.07, 6.45) is 0.611. The number of alkyl carbamates (subject to hydrolysis) is 1. The van der Waals surface area contributed by atoms with E-state index in [-0.39, 0.29) is 19.1 Å². The summed E-state index contributed by atoms with van der Waals surface area (Å²) in [7, 11) is -3.26. The van der Waals surface area contributed by atoms with Crippen molar-refractivity contribution in [3.8, 4) is 0 Å². The minimum absolute atomic E-state index is 0.138. The Kier molecular flexibility index (Phi) is 6.09. The highest BCUT2D eigenvalue weighted by Gasteiger charge is 2.20. The second kappa shape index (κ2) is 6.38. The molecule has 0 aliphatic carbocycles. The number of ether oxygens (including phenoxy) is 1. The van der Waals surface area contributed by atoms with E-state index in [0.717, 1.165) is 6.26 Å². The smallest absolute Gasteiger partial charge is 0.407 e. The van der Waals surface area contributed by atoms with Crippen LogP contribution in [0, 0.1) is 0 Å². The van der Waals surface area contributed by atoms with Gasteiger partial charge in [0.05, 0.1) is 6.26 Å². The van der Waals surface area contributed by atoms with Gasteiger partial charge < -0.3 is 10.1 Å². The van der Waals surface area contributed by atoms with Crippen LogP contribution in [0.15, 0.2) is 0 Å². The average molecular weight is 280 g/mol. The molecule has 0 saturated carbocycles. The lowest BCUT2D eigenvalue weighted by molar-refractivity contribution is 0.0524. The first-order valence-corrected chi connectivity index (χ1v) is 7.72. The third-order valence-electron chi connectivity index (χ3n) is 2.00. The number of rotatable bonds is 5. The number of hydrogen-bond donors (Lipinski definition) is 1. The Bertz CT molecular complexity index is 371. The molecule has 0 heterocycles. The standard InChI is InChI=1S/C11H24N2O4S/c1-9(2)13(18(6,15)16)8-7-12-10(14)17-11(3,4)5/h9H,7-8H2,1-6H3,(H,12,14). The predicted molar refractivity (Wildman–Crippen MR) is 70.9 cm³/mol. The number of carbonyl (C=O) groups is 1. The van der Waals surface area contributed by atoms with Gasteiger partial charge in [-0.3, -0.25) is 0 Å². The van der Waals surface area contributed by atoms with E-state index < -0.39 is 21.7 Å². The zero-order valence-electron chi connectivity index (χ0n) is 12.0. The SMILES string of the molecule is CC(C)N(CCNC(=O)OC(C)(C)C)S(C)(=O)=O. The first-order valence-electron chi connectivity index (χ1n) is 5.87. The van der Waals surface area contributed by atoms with Gasteiger partial charge in [-0.05, 0) is 34.6 Å². The van der Waals surface area contributed by atoms with Crippen LogP contribution >= 0.6 is 0 Å². The van der Waals surface area contributed by atoms with Crippen molar-refractivity contribution in [2.24, 2.45) is 0 Å². The molecule has 0 spiro atoms. The van der Waals surface area contributed by atoms with Crippen molar-refractivity contribution in [2.75, 3.05) is 19.3 Å². The second-order valence-electron chi connectivity index (χ2n) is 5.40. The fourth-order valence-electron chi connectivity index (χ4n) is 1.39. The highest BCUT2D eigenvalue weighted by molar-refractivity contribution is 7.88. The molecule has 0 aliphatic heterocycles. The molecule has 0 aliphatic rings. The van der Waals surface area contributed by atoms with Crippen LogP contribution in [0.3, 0.4) is 0 Å². The zero-order valence-corrected chi connectivity index (χ0v) is 12.8. The Hall–Kier alpha value is -0.820. The van der Waals surface area contributed by atoms with E-state index in [9.17, 15) is 13.2 Å². The summed E-state index contributed by atoms with van der Waals surface area (Å²) in [4.78, 5) is 11.4. The maximum atomic E-state index is 11.5. The van der Waals surface area contributed by atoms with Gasteiger partial charge in [0, 0.05) is 19.1 Å². The number of amides is 1. The van der Waals surface area contributed by atoms with Gasteiger partial charge in [0.15, 0.2) is 0 Å². The van der Waals surface area contributed by atoms with E-state index in [4.69, 9.17) is 4.74 Å². The van der Waals surface area contributed by atoms with E-state index in [2.05, 4.69) is 5.32 Å². The number of hydrogen-bond acceptors (Lipinski definition) is 4. The molecule has 0 aromatic heterocycles. The van der Waals surface area contributed by atoms with E-state index in [1.807, 2.05) is 0 Å². The van der Waals surface area contributed by atoms with E-state index >= 15 is 0 Å². The average Bonchev–Trinajstić information content (AvgIpc) is 2.06. The number of nitrogens with zero attached hydrogens (tertiary/aromatic N) is 1. The lowest BCUT2D eigenvalue weighted by Gasteiger charge is -2.24. The fourth-order valence-corrected chi connectivity index (χ4v) is 2.58. The zero-order chi connectivity index (χ0) is 14.6. The Labute approximate surface area is 110 Å². The topological polar surface area (TPSA) is 75.7 Å². The van der Waals surface area contributed by atoms with Crippen LogP contribution in [0.5, 0.6) is 0 Å². The van der Waals surface area contributed by atoms with Crippen LogP contribution in [0.1, 0.15) is 34.6 Å². The molecule has 18 heavy (non-hydrogen) atoms. The molecule has 6 nitrogen and oxygen atoms in total. The molecule has 0 radical (unpaired) electrons. The summed E-state index contributed by atoms with van der Waals surface area (Å²) in [5.41, 5.74) is -0.557. The Morgan fingerprint density at radius 2 is 1.83 bits per heavy atom. The van der Waals surface area contributed by atoms with Gasteiger partial charge in [-0.15, -0.1) is 0 Å². The molecular weight excluding hydrogens is 256 g/mol. The molecule has 108 valence electrons. The highest BCUT2D eigenvalue weighted by Crippen LogP contribution is 2.07. The molecular formula is C11H24N2O4S. The van der Waals surface area contributed by atoms with Crippen molar-refractivity contribution in [1.82, 2.24) is 9.62 Å². The van der Waals surface area contributed by atoms with Crippen molar-refractivity contribution in [3.63, 3.8) is 0 Å². The fraction of sp³-hybridized carbons (Fsp3) is 0.909. The molecule has 0 saturated heterocycles. The number of nitrogens with one attached hydrogen (secondary N) is 1. The maximum Gasteiger partial charge on any atom is 0.407 e. The first-order chi connectivity index (χ1) is 7.93. The van der Waals surface area contributed by atoms with E-state index in [1.165, 1.54) is 4.31 Å². The monoisotopic (exact) mass is 280 g/mol. The molecule has 0 bridgehead atoms. The Morgan fingerprint density at radius 1 is 1.33 bits per heavy atom. The Balaban J connectivity index is 4.21. The summed E-state index contributed by atoms with van der Waals surface area (Å²) < 4.78 is 29.3. The van der Waals surface area contributed by atoms with Crippen LogP contribution in [0.25, 0.3) is 0 Å². The third kappa shape index (κ3) is 7.50. The van der Waals surface area contributed by atoms with Crippen LogP contribution < -0.4 is 5.32 Å². The summed E-state index contributed by atoms with van der Waals surface area (Å²) >= 11 is 0. The third-order valence-corrected chi connectivity index (χ3v) is 3.46. The van der Waals surface area contributed by atoms with Crippen molar-refractivity contribution in [3.05, 3.63) is 0 Å². The summed E-state index contributed by atoms with van der Waals surface area (Å²) in [6, 6.07) is -0.138. The molecule has 0 aromatic carbocycles. The van der Waals surface area contributed by atoms with Gasteiger partial charge in [0.2, 0.25) is 10.0 Å². The van der Waals surface area contributed by atoms with Crippen LogP contribution in [-0.4, -0.2) is 49.8 Å². The van der Waals surface area contributed by atoms with Crippen LogP contribution in [0.4, 0.5) is 4.79 Å².